The molecule has 2 aromatic carbocycles. The summed E-state index contributed by atoms with van der Waals surface area (Å²) >= 11 is 1.66. The van der Waals surface area contributed by atoms with Gasteiger partial charge < -0.3 is 0 Å². The molecule has 0 aromatic heterocycles. The number of rotatable bonds is 5. The molecule has 3 heteroatoms. The van der Waals surface area contributed by atoms with Crippen LogP contribution in [0.3, 0.4) is 0 Å². The fraction of sp³-hybridized carbons (Fsp3) is 0.0667. The van der Waals surface area contributed by atoms with Gasteiger partial charge in [0.1, 0.15) is 7.85 Å². The van der Waals surface area contributed by atoms with Crippen molar-refractivity contribution in [2.24, 2.45) is 0 Å². The number of benzene rings is 2. The Morgan fingerprint density at radius 2 is 1.72 bits per heavy atom. The van der Waals surface area contributed by atoms with E-state index in [9.17, 15) is 0 Å². The van der Waals surface area contributed by atoms with Gasteiger partial charge in [-0.3, -0.25) is 4.72 Å². The molecule has 0 fully saturated rings. The summed E-state index contributed by atoms with van der Waals surface area (Å²) in [7, 11) is 2.12. The molecular formula is C15H16BNS. The van der Waals surface area contributed by atoms with Gasteiger partial charge >= 0.3 is 0 Å². The van der Waals surface area contributed by atoms with Crippen molar-refractivity contribution < 1.29 is 0 Å². The number of hydrogen-bond acceptors (Lipinski definition) is 2. The molecule has 18 heavy (non-hydrogen) atoms. The van der Waals surface area contributed by atoms with Crippen molar-refractivity contribution in [3.63, 3.8) is 0 Å². The smallest absolute Gasteiger partial charge is 0.140 e. The molecule has 0 saturated heterocycles. The lowest BCUT2D eigenvalue weighted by atomic mass is 9.97. The van der Waals surface area contributed by atoms with Crippen LogP contribution in [0, 0.1) is 0 Å². The molecule has 0 bridgehead atoms. The highest BCUT2D eigenvalue weighted by molar-refractivity contribution is 7.97. The van der Waals surface area contributed by atoms with Crippen LogP contribution in [0.25, 0.3) is 5.57 Å². The zero-order valence-corrected chi connectivity index (χ0v) is 11.3. The molecule has 2 rings (SSSR count). The second-order valence-corrected chi connectivity index (χ2v) is 5.09. The number of nitrogens with one attached hydrogen (secondary N) is 1. The Labute approximate surface area is 114 Å². The van der Waals surface area contributed by atoms with Gasteiger partial charge in [-0.1, -0.05) is 60.6 Å². The van der Waals surface area contributed by atoms with E-state index in [1.165, 1.54) is 15.9 Å². The van der Waals surface area contributed by atoms with Crippen molar-refractivity contribution in [1.29, 1.82) is 0 Å². The van der Waals surface area contributed by atoms with E-state index < -0.39 is 0 Å². The third kappa shape index (κ3) is 3.52. The zero-order chi connectivity index (χ0) is 12.8. The summed E-state index contributed by atoms with van der Waals surface area (Å²) in [6.45, 7) is 4.88. The normalized spacial score (nSPS) is 10.2. The highest BCUT2D eigenvalue weighted by Gasteiger charge is 2.00. The lowest BCUT2D eigenvalue weighted by molar-refractivity contribution is 1.14. The van der Waals surface area contributed by atoms with E-state index in [1.807, 2.05) is 18.2 Å². The predicted molar refractivity (Wildman–Crippen MR) is 84.0 cm³/mol. The molecule has 0 aliphatic carbocycles. The third-order valence-electron chi connectivity index (χ3n) is 2.74. The van der Waals surface area contributed by atoms with E-state index in [1.54, 1.807) is 11.9 Å². The van der Waals surface area contributed by atoms with Crippen molar-refractivity contribution in [3.8, 4) is 0 Å². The van der Waals surface area contributed by atoms with Crippen molar-refractivity contribution in [2.45, 2.75) is 4.90 Å². The van der Waals surface area contributed by atoms with Gasteiger partial charge in [-0.25, -0.2) is 0 Å². The molecular weight excluding hydrogens is 237 g/mol. The first-order chi connectivity index (χ1) is 8.77. The van der Waals surface area contributed by atoms with Crippen molar-refractivity contribution in [1.82, 2.24) is 4.72 Å². The molecule has 2 aromatic rings. The van der Waals surface area contributed by atoms with Gasteiger partial charge in [0.25, 0.3) is 0 Å². The van der Waals surface area contributed by atoms with Crippen LogP contribution in [-0.2, 0) is 0 Å². The molecule has 0 radical (unpaired) electrons. The van der Waals surface area contributed by atoms with Crippen LogP contribution in [0.5, 0.6) is 0 Å². The van der Waals surface area contributed by atoms with Crippen LogP contribution in [0.4, 0.5) is 0 Å². The highest BCUT2D eigenvalue weighted by Crippen LogP contribution is 2.14. The molecule has 1 N–H and O–H groups in total. The summed E-state index contributed by atoms with van der Waals surface area (Å²) in [4.78, 5) is 1.26. The van der Waals surface area contributed by atoms with Crippen LogP contribution in [0.15, 0.2) is 66.1 Å². The Morgan fingerprint density at radius 1 is 1.06 bits per heavy atom. The monoisotopic (exact) mass is 253 g/mol. The molecule has 0 unspecified atom stereocenters. The van der Waals surface area contributed by atoms with Crippen molar-refractivity contribution >= 4 is 30.8 Å². The Bertz CT molecular complexity index is 525. The molecule has 90 valence electrons. The Balaban J connectivity index is 1.86. The lowest BCUT2D eigenvalue weighted by Crippen LogP contribution is -2.12. The van der Waals surface area contributed by atoms with Gasteiger partial charge in [-0.15, -0.1) is 0 Å². The molecule has 0 atom stereocenters. The second kappa shape index (κ2) is 6.48. The minimum atomic E-state index is 0.781. The molecule has 0 amide bonds. The van der Waals surface area contributed by atoms with Gasteiger partial charge in [0, 0.05) is 11.4 Å². The van der Waals surface area contributed by atoms with Gasteiger partial charge in [0.05, 0.1) is 0 Å². The SMILES string of the molecule is Bc1ccccc1SNCC(=C)c1ccccc1. The van der Waals surface area contributed by atoms with Crippen LogP contribution < -0.4 is 10.2 Å². The highest BCUT2D eigenvalue weighted by atomic mass is 32.2. The van der Waals surface area contributed by atoms with E-state index in [4.69, 9.17) is 0 Å². The summed E-state index contributed by atoms with van der Waals surface area (Å²) in [5, 5.41) is 0. The van der Waals surface area contributed by atoms with Crippen molar-refractivity contribution in [3.05, 3.63) is 66.7 Å². The minimum Gasteiger partial charge on any atom is -0.255 e. The van der Waals surface area contributed by atoms with Gasteiger partial charge in [-0.05, 0) is 29.2 Å². The Morgan fingerprint density at radius 3 is 2.44 bits per heavy atom. The topological polar surface area (TPSA) is 12.0 Å². The maximum Gasteiger partial charge on any atom is 0.140 e. The summed E-state index contributed by atoms with van der Waals surface area (Å²) in [5.41, 5.74) is 3.59. The third-order valence-corrected chi connectivity index (χ3v) is 3.71. The fourth-order valence-corrected chi connectivity index (χ4v) is 2.43. The molecule has 1 nitrogen and oxygen atoms in total. The van der Waals surface area contributed by atoms with E-state index in [2.05, 4.69) is 55.5 Å². The number of hydrogen-bond donors (Lipinski definition) is 1. The fourth-order valence-electron chi connectivity index (χ4n) is 1.65. The molecule has 0 heterocycles. The van der Waals surface area contributed by atoms with Crippen LogP contribution >= 0.6 is 11.9 Å². The first-order valence-corrected chi connectivity index (χ1v) is 6.77. The summed E-state index contributed by atoms with van der Waals surface area (Å²) in [5.74, 6) is 0. The van der Waals surface area contributed by atoms with E-state index in [0.29, 0.717) is 0 Å². The summed E-state index contributed by atoms with van der Waals surface area (Å²) in [6, 6.07) is 18.6. The molecule has 0 spiro atoms. The van der Waals surface area contributed by atoms with E-state index in [0.717, 1.165) is 12.1 Å². The van der Waals surface area contributed by atoms with Crippen molar-refractivity contribution in [2.75, 3.05) is 6.54 Å². The lowest BCUT2D eigenvalue weighted by Gasteiger charge is -2.09. The summed E-state index contributed by atoms with van der Waals surface area (Å²) in [6.07, 6.45) is 0. The Hall–Kier alpha value is -1.45. The maximum atomic E-state index is 4.10. The van der Waals surface area contributed by atoms with E-state index in [-0.39, 0.29) is 0 Å². The predicted octanol–water partition coefficient (Wildman–Crippen LogP) is 2.26. The van der Waals surface area contributed by atoms with Crippen LogP contribution in [-0.4, -0.2) is 14.4 Å². The second-order valence-electron chi connectivity index (χ2n) is 4.16. The summed E-state index contributed by atoms with van der Waals surface area (Å²) < 4.78 is 3.36. The largest absolute Gasteiger partial charge is 0.255 e. The maximum absolute atomic E-state index is 4.10. The first-order valence-electron chi connectivity index (χ1n) is 5.96. The molecule has 0 aliphatic heterocycles. The zero-order valence-electron chi connectivity index (χ0n) is 10.5. The quantitative estimate of drug-likeness (QED) is 0.648. The molecule has 0 aliphatic rings. The van der Waals surface area contributed by atoms with Crippen LogP contribution in [0.1, 0.15) is 5.56 Å². The van der Waals surface area contributed by atoms with Gasteiger partial charge in [0.2, 0.25) is 0 Å². The average molecular weight is 253 g/mol. The van der Waals surface area contributed by atoms with Gasteiger partial charge in [0.15, 0.2) is 0 Å². The Kier molecular flexibility index (Phi) is 4.68. The standard InChI is InChI=1S/C15H16BNS/c1-12(13-7-3-2-4-8-13)11-17-18-15-10-6-5-9-14(15)16/h2-10,17H,1,11,16H2. The molecule has 0 saturated carbocycles. The van der Waals surface area contributed by atoms with Gasteiger partial charge in [-0.2, -0.15) is 0 Å². The first kappa shape index (κ1) is 13.0. The van der Waals surface area contributed by atoms with E-state index >= 15 is 0 Å². The van der Waals surface area contributed by atoms with Crippen LogP contribution in [0.2, 0.25) is 0 Å². The minimum absolute atomic E-state index is 0.781. The average Bonchev–Trinajstić information content (AvgIpc) is 2.42.